The molecule has 0 spiro atoms. The second kappa shape index (κ2) is 3.49. The van der Waals surface area contributed by atoms with Crippen LogP contribution >= 0.6 is 0 Å². The molecule has 1 aliphatic rings. The van der Waals surface area contributed by atoms with Crippen molar-refractivity contribution in [1.82, 2.24) is 20.2 Å². The van der Waals surface area contributed by atoms with Gasteiger partial charge in [-0.25, -0.2) is 4.98 Å². The minimum absolute atomic E-state index is 0.554. The number of aromatic nitrogens is 4. The smallest absolute Gasteiger partial charge is 0.189 e. The van der Waals surface area contributed by atoms with Gasteiger partial charge in [0.1, 0.15) is 24.4 Å². The zero-order valence-corrected chi connectivity index (χ0v) is 9.43. The Morgan fingerprint density at radius 3 is 2.94 bits per heavy atom. The number of nitrogens with one attached hydrogen (secondary N) is 2. The highest BCUT2D eigenvalue weighted by Crippen LogP contribution is 2.37. The summed E-state index contributed by atoms with van der Waals surface area (Å²) in [5, 5.41) is 6.79. The number of benzene rings is 1. The minimum Gasteiger partial charge on any atom is -0.486 e. The molecule has 2 N–H and O–H groups in total. The van der Waals surface area contributed by atoms with Crippen LogP contribution in [0.4, 0.5) is 0 Å². The minimum atomic E-state index is 0.554. The van der Waals surface area contributed by atoms with E-state index in [1.54, 1.807) is 6.20 Å². The molecule has 18 heavy (non-hydrogen) atoms. The predicted molar refractivity (Wildman–Crippen MR) is 64.7 cm³/mol. The molecule has 0 unspecified atom stereocenters. The highest BCUT2D eigenvalue weighted by Gasteiger charge is 2.18. The first-order valence-corrected chi connectivity index (χ1v) is 5.70. The predicted octanol–water partition coefficient (Wildman–Crippen LogP) is 1.72. The quantitative estimate of drug-likeness (QED) is 0.681. The first-order valence-electron chi connectivity index (χ1n) is 5.70. The van der Waals surface area contributed by atoms with Crippen LogP contribution in [0, 0.1) is 0 Å². The lowest BCUT2D eigenvalue weighted by Crippen LogP contribution is -2.15. The first-order chi connectivity index (χ1) is 8.92. The maximum atomic E-state index is 5.63. The van der Waals surface area contributed by atoms with Crippen LogP contribution in [-0.4, -0.2) is 33.4 Å². The summed E-state index contributed by atoms with van der Waals surface area (Å²) in [4.78, 5) is 7.77. The molecule has 4 rings (SSSR count). The summed E-state index contributed by atoms with van der Waals surface area (Å²) in [7, 11) is 0. The summed E-state index contributed by atoms with van der Waals surface area (Å²) in [5.74, 6) is 2.20. The van der Waals surface area contributed by atoms with Gasteiger partial charge in [0.2, 0.25) is 0 Å². The molecule has 0 saturated carbocycles. The van der Waals surface area contributed by atoms with Crippen LogP contribution < -0.4 is 9.47 Å². The Hall–Kier alpha value is -2.50. The number of hydrogen-bond donors (Lipinski definition) is 2. The third-order valence-corrected chi connectivity index (χ3v) is 2.92. The van der Waals surface area contributed by atoms with E-state index in [-0.39, 0.29) is 0 Å². The van der Waals surface area contributed by atoms with Crippen LogP contribution in [0.5, 0.6) is 11.5 Å². The van der Waals surface area contributed by atoms with E-state index in [1.807, 2.05) is 18.2 Å². The van der Waals surface area contributed by atoms with Gasteiger partial charge in [-0.1, -0.05) is 0 Å². The molecule has 0 radical (unpaired) electrons. The summed E-state index contributed by atoms with van der Waals surface area (Å²) < 4.78 is 11.2. The van der Waals surface area contributed by atoms with E-state index in [0.29, 0.717) is 19.0 Å². The topological polar surface area (TPSA) is 75.8 Å². The molecule has 0 saturated heterocycles. The largest absolute Gasteiger partial charge is 0.486 e. The summed E-state index contributed by atoms with van der Waals surface area (Å²) in [5.41, 5.74) is 2.55. The van der Waals surface area contributed by atoms with E-state index in [0.717, 1.165) is 28.3 Å². The average molecular weight is 242 g/mol. The fraction of sp³-hybridized carbons (Fsp3) is 0.167. The molecule has 0 bridgehead atoms. The van der Waals surface area contributed by atoms with Crippen molar-refractivity contribution in [2.24, 2.45) is 0 Å². The van der Waals surface area contributed by atoms with Crippen LogP contribution in [-0.2, 0) is 0 Å². The molecule has 6 heteroatoms. The van der Waals surface area contributed by atoms with E-state index >= 15 is 0 Å². The average Bonchev–Trinajstić information content (AvgIpc) is 3.07. The molecule has 0 atom stereocenters. The summed E-state index contributed by atoms with van der Waals surface area (Å²) >= 11 is 0. The summed E-state index contributed by atoms with van der Waals surface area (Å²) in [6, 6.07) is 5.70. The summed E-state index contributed by atoms with van der Waals surface area (Å²) in [6.07, 6.45) is 1.69. The zero-order chi connectivity index (χ0) is 11.9. The standard InChI is InChI=1S/C12H10N4O2/c1-2-9-11(18-6-5-17-9)10-7(1)14-12(15-10)8-3-4-13-16-8/h1-4H,5-6H2,(H,13,16)(H,14,15). The van der Waals surface area contributed by atoms with Gasteiger partial charge in [0.25, 0.3) is 0 Å². The molecule has 3 heterocycles. The van der Waals surface area contributed by atoms with Crippen molar-refractivity contribution in [2.75, 3.05) is 13.2 Å². The maximum absolute atomic E-state index is 5.63. The van der Waals surface area contributed by atoms with Gasteiger partial charge in [-0.2, -0.15) is 5.10 Å². The number of ether oxygens (including phenoxy) is 2. The van der Waals surface area contributed by atoms with E-state index in [9.17, 15) is 0 Å². The number of nitrogens with zero attached hydrogens (tertiary/aromatic N) is 2. The SMILES string of the molecule is c1cc(-c2nc3c4c(ccc3[nH]2)OCCO4)[nH]n1. The number of imidazole rings is 1. The van der Waals surface area contributed by atoms with Crippen molar-refractivity contribution >= 4 is 11.0 Å². The maximum Gasteiger partial charge on any atom is 0.189 e. The van der Waals surface area contributed by atoms with Crippen LogP contribution in [0.2, 0.25) is 0 Å². The van der Waals surface area contributed by atoms with Gasteiger partial charge in [0.05, 0.1) is 5.52 Å². The third-order valence-electron chi connectivity index (χ3n) is 2.92. The Morgan fingerprint density at radius 2 is 2.06 bits per heavy atom. The Bertz CT molecular complexity index is 702. The number of fused-ring (bicyclic) bond motifs is 3. The van der Waals surface area contributed by atoms with Crippen molar-refractivity contribution in [2.45, 2.75) is 0 Å². The van der Waals surface area contributed by atoms with Gasteiger partial charge in [-0.05, 0) is 18.2 Å². The van der Waals surface area contributed by atoms with Crippen LogP contribution in [0.15, 0.2) is 24.4 Å². The number of aromatic amines is 2. The van der Waals surface area contributed by atoms with E-state index in [4.69, 9.17) is 9.47 Å². The lowest BCUT2D eigenvalue weighted by molar-refractivity contribution is 0.173. The Kier molecular flexibility index (Phi) is 1.85. The molecular weight excluding hydrogens is 232 g/mol. The van der Waals surface area contributed by atoms with Gasteiger partial charge in [-0.3, -0.25) is 5.10 Å². The molecule has 0 aliphatic carbocycles. The van der Waals surface area contributed by atoms with Crippen molar-refractivity contribution in [3.63, 3.8) is 0 Å². The molecular formula is C12H10N4O2. The van der Waals surface area contributed by atoms with E-state index < -0.39 is 0 Å². The lowest BCUT2D eigenvalue weighted by Gasteiger charge is -2.17. The molecule has 3 aromatic rings. The molecule has 1 aromatic carbocycles. The molecule has 0 amide bonds. The zero-order valence-electron chi connectivity index (χ0n) is 9.43. The number of H-pyrrole nitrogens is 2. The monoisotopic (exact) mass is 242 g/mol. The van der Waals surface area contributed by atoms with Gasteiger partial charge in [0, 0.05) is 6.20 Å². The van der Waals surface area contributed by atoms with Crippen molar-refractivity contribution in [3.8, 4) is 23.0 Å². The molecule has 90 valence electrons. The van der Waals surface area contributed by atoms with Gasteiger partial charge < -0.3 is 14.5 Å². The summed E-state index contributed by atoms with van der Waals surface area (Å²) in [6.45, 7) is 1.13. The van der Waals surface area contributed by atoms with Crippen molar-refractivity contribution in [1.29, 1.82) is 0 Å². The molecule has 2 aromatic heterocycles. The molecule has 1 aliphatic heterocycles. The van der Waals surface area contributed by atoms with Gasteiger partial charge >= 0.3 is 0 Å². The second-order valence-corrected chi connectivity index (χ2v) is 4.04. The van der Waals surface area contributed by atoms with E-state index in [1.165, 1.54) is 0 Å². The second-order valence-electron chi connectivity index (χ2n) is 4.04. The number of rotatable bonds is 1. The normalized spacial score (nSPS) is 14.0. The van der Waals surface area contributed by atoms with Gasteiger partial charge in [-0.15, -0.1) is 0 Å². The first kappa shape index (κ1) is 9.52. The fourth-order valence-electron chi connectivity index (χ4n) is 2.10. The Morgan fingerprint density at radius 1 is 1.11 bits per heavy atom. The number of hydrogen-bond acceptors (Lipinski definition) is 4. The molecule has 6 nitrogen and oxygen atoms in total. The highest BCUT2D eigenvalue weighted by molar-refractivity contribution is 5.87. The Labute approximate surface area is 102 Å². The Balaban J connectivity index is 1.95. The third kappa shape index (κ3) is 1.29. The molecule has 0 fully saturated rings. The van der Waals surface area contributed by atoms with Crippen LogP contribution in [0.25, 0.3) is 22.6 Å². The van der Waals surface area contributed by atoms with Crippen molar-refractivity contribution < 1.29 is 9.47 Å². The van der Waals surface area contributed by atoms with Crippen LogP contribution in [0.3, 0.4) is 0 Å². The van der Waals surface area contributed by atoms with Crippen LogP contribution in [0.1, 0.15) is 0 Å². The van der Waals surface area contributed by atoms with E-state index in [2.05, 4.69) is 20.2 Å². The highest BCUT2D eigenvalue weighted by atomic mass is 16.6. The van der Waals surface area contributed by atoms with Crippen molar-refractivity contribution in [3.05, 3.63) is 24.4 Å². The van der Waals surface area contributed by atoms with Gasteiger partial charge in [0.15, 0.2) is 17.3 Å². The lowest BCUT2D eigenvalue weighted by atomic mass is 10.2. The fourth-order valence-corrected chi connectivity index (χ4v) is 2.10.